The summed E-state index contributed by atoms with van der Waals surface area (Å²) >= 11 is 0. The van der Waals surface area contributed by atoms with Crippen LogP contribution in [0.1, 0.15) is 30.0 Å². The number of nitro benzene ring substituents is 1. The van der Waals surface area contributed by atoms with Gasteiger partial charge in [0.05, 0.1) is 16.9 Å². The second-order valence-corrected chi connectivity index (χ2v) is 9.65. The van der Waals surface area contributed by atoms with Gasteiger partial charge in [-0.15, -0.1) is 0 Å². The molecule has 43 heavy (non-hydrogen) atoms. The molecule has 2 atom stereocenters. The summed E-state index contributed by atoms with van der Waals surface area (Å²) in [6.45, 7) is 2.26. The van der Waals surface area contributed by atoms with Crippen LogP contribution in [0.5, 0.6) is 23.0 Å². The van der Waals surface area contributed by atoms with Crippen molar-refractivity contribution in [3.05, 3.63) is 124 Å². The summed E-state index contributed by atoms with van der Waals surface area (Å²) in [5.74, 6) is -0.902. The van der Waals surface area contributed by atoms with Crippen molar-refractivity contribution in [3.8, 4) is 23.0 Å². The van der Waals surface area contributed by atoms with E-state index in [0.29, 0.717) is 22.8 Å². The quantitative estimate of drug-likeness (QED) is 0.114. The van der Waals surface area contributed by atoms with Gasteiger partial charge < -0.3 is 34.0 Å². The third-order valence-corrected chi connectivity index (χ3v) is 6.53. The second-order valence-electron chi connectivity index (χ2n) is 9.65. The molecule has 0 saturated carbocycles. The minimum atomic E-state index is -2.14. The summed E-state index contributed by atoms with van der Waals surface area (Å²) in [5.41, 5.74) is 2.30. The molecule has 2 unspecified atom stereocenters. The van der Waals surface area contributed by atoms with Gasteiger partial charge in [-0.25, -0.2) is 0 Å². The fourth-order valence-electron chi connectivity index (χ4n) is 4.36. The molecule has 11 nitrogen and oxygen atoms in total. The molecular formula is C32H30N2O9. The Morgan fingerprint density at radius 3 is 2.12 bits per heavy atom. The molecule has 11 heteroatoms. The number of oxime groups is 1. The Balaban J connectivity index is 1.55. The van der Waals surface area contributed by atoms with Crippen LogP contribution in [-0.4, -0.2) is 39.5 Å². The fraction of sp³-hybridized carbons (Fsp3) is 0.219. The minimum Gasteiger partial charge on any atom is -0.489 e. The van der Waals surface area contributed by atoms with Crippen LogP contribution in [0.4, 0.5) is 5.69 Å². The van der Waals surface area contributed by atoms with Gasteiger partial charge in [0.25, 0.3) is 11.5 Å². The van der Waals surface area contributed by atoms with E-state index < -0.39 is 17.0 Å². The Bertz CT molecular complexity index is 1560. The first-order chi connectivity index (χ1) is 20.8. The molecular weight excluding hydrogens is 556 g/mol. The summed E-state index contributed by atoms with van der Waals surface area (Å²) in [6, 6.07) is 28.0. The largest absolute Gasteiger partial charge is 0.489 e. The highest BCUT2D eigenvalue weighted by Crippen LogP contribution is 2.42. The molecule has 0 saturated heterocycles. The second kappa shape index (κ2) is 13.3. The molecule has 5 rings (SSSR count). The van der Waals surface area contributed by atoms with Gasteiger partial charge in [-0.2, -0.15) is 0 Å². The van der Waals surface area contributed by atoms with E-state index in [2.05, 4.69) is 5.16 Å². The van der Waals surface area contributed by atoms with Crippen molar-refractivity contribution in [2.24, 2.45) is 5.16 Å². The van der Waals surface area contributed by atoms with Crippen molar-refractivity contribution in [3.63, 3.8) is 0 Å². The number of hydrogen-bond acceptors (Lipinski definition) is 10. The zero-order valence-electron chi connectivity index (χ0n) is 23.3. The lowest BCUT2D eigenvalue weighted by Gasteiger charge is -2.25. The van der Waals surface area contributed by atoms with Gasteiger partial charge in [-0.1, -0.05) is 65.8 Å². The van der Waals surface area contributed by atoms with Crippen molar-refractivity contribution >= 4 is 11.4 Å². The highest BCUT2D eigenvalue weighted by molar-refractivity contribution is 6.06. The number of ether oxygens (including phenoxy) is 4. The predicted octanol–water partition coefficient (Wildman–Crippen LogP) is 5.71. The lowest BCUT2D eigenvalue weighted by molar-refractivity contribution is -0.384. The molecule has 2 N–H and O–H groups in total. The van der Waals surface area contributed by atoms with Gasteiger partial charge in [0.15, 0.2) is 0 Å². The maximum atomic E-state index is 11.2. The van der Waals surface area contributed by atoms with E-state index in [4.69, 9.17) is 23.8 Å². The number of nitrogens with zero attached hydrogens (tertiary/aromatic N) is 2. The molecule has 0 spiro atoms. The zero-order chi connectivity index (χ0) is 30.2. The van der Waals surface area contributed by atoms with Crippen molar-refractivity contribution < 1.29 is 38.9 Å². The van der Waals surface area contributed by atoms with E-state index in [1.165, 1.54) is 24.3 Å². The number of aliphatic hydroxyl groups excluding tert-OH is 1. The standard InChI is InChI=1S/C32H30N2O9/c1-2-39-31(35)32(36)19-27(33-43-32)30-28(41-21-23-11-7-4-8-12-23)17-26(40-20-22-9-5-3-6-10-22)18-29(30)42-25-15-13-24(14-16-25)34(37)38/h3-18,31,35-36H,2,19-21H2,1H3. The van der Waals surface area contributed by atoms with Crippen LogP contribution in [0.25, 0.3) is 0 Å². The van der Waals surface area contributed by atoms with Crippen LogP contribution in [0.3, 0.4) is 0 Å². The van der Waals surface area contributed by atoms with Gasteiger partial charge in [0, 0.05) is 30.9 Å². The van der Waals surface area contributed by atoms with Crippen molar-refractivity contribution in [1.82, 2.24) is 0 Å². The number of aliphatic hydroxyl groups is 2. The Labute approximate surface area is 247 Å². The summed E-state index contributed by atoms with van der Waals surface area (Å²) in [6.07, 6.45) is -1.92. The summed E-state index contributed by atoms with van der Waals surface area (Å²) in [7, 11) is 0. The average Bonchev–Trinajstić information content (AvgIpc) is 3.43. The normalized spacial score (nSPS) is 16.6. The SMILES string of the molecule is CCOC(O)C1(O)CC(c2c(OCc3ccccc3)cc(OCc3ccccc3)cc2Oc2ccc([N+](=O)[O-])cc2)=NO1. The molecule has 0 amide bonds. The molecule has 222 valence electrons. The van der Waals surface area contributed by atoms with Gasteiger partial charge in [-0.3, -0.25) is 10.1 Å². The Kier molecular flexibility index (Phi) is 9.16. The van der Waals surface area contributed by atoms with E-state index in [1.807, 2.05) is 60.7 Å². The summed E-state index contributed by atoms with van der Waals surface area (Å²) in [5, 5.41) is 36.6. The molecule has 0 fully saturated rings. The molecule has 1 aliphatic heterocycles. The topological polar surface area (TPSA) is 142 Å². The average molecular weight is 587 g/mol. The van der Waals surface area contributed by atoms with Gasteiger partial charge in [0.1, 0.15) is 41.9 Å². The smallest absolute Gasteiger partial charge is 0.291 e. The van der Waals surface area contributed by atoms with Crippen LogP contribution in [0.2, 0.25) is 0 Å². The number of benzene rings is 4. The van der Waals surface area contributed by atoms with Gasteiger partial charge in [-0.05, 0) is 30.2 Å². The third-order valence-electron chi connectivity index (χ3n) is 6.53. The number of hydrogen-bond donors (Lipinski definition) is 2. The minimum absolute atomic E-state index is 0.0945. The molecule has 0 radical (unpaired) electrons. The van der Waals surface area contributed by atoms with Gasteiger partial charge in [0.2, 0.25) is 6.29 Å². The number of rotatable bonds is 13. The van der Waals surface area contributed by atoms with Crippen LogP contribution < -0.4 is 14.2 Å². The Morgan fingerprint density at radius 2 is 1.51 bits per heavy atom. The highest BCUT2D eigenvalue weighted by atomic mass is 16.8. The molecule has 4 aromatic carbocycles. The fourth-order valence-corrected chi connectivity index (χ4v) is 4.36. The summed E-state index contributed by atoms with van der Waals surface area (Å²) < 4.78 is 23.8. The third kappa shape index (κ3) is 7.28. The van der Waals surface area contributed by atoms with E-state index in [1.54, 1.807) is 19.1 Å². The van der Waals surface area contributed by atoms with E-state index >= 15 is 0 Å². The van der Waals surface area contributed by atoms with E-state index in [-0.39, 0.29) is 43.4 Å². The maximum Gasteiger partial charge on any atom is 0.291 e. The lowest BCUT2D eigenvalue weighted by Crippen LogP contribution is -2.44. The van der Waals surface area contributed by atoms with E-state index in [0.717, 1.165) is 11.1 Å². The first-order valence-electron chi connectivity index (χ1n) is 13.6. The molecule has 0 bridgehead atoms. The first-order valence-corrected chi connectivity index (χ1v) is 13.6. The van der Waals surface area contributed by atoms with Crippen molar-refractivity contribution in [2.45, 2.75) is 38.6 Å². The van der Waals surface area contributed by atoms with E-state index in [9.17, 15) is 20.3 Å². The predicted molar refractivity (Wildman–Crippen MR) is 156 cm³/mol. The molecule has 4 aromatic rings. The number of non-ortho nitro benzene ring substituents is 1. The van der Waals surface area contributed by atoms with Crippen LogP contribution >= 0.6 is 0 Å². The maximum absolute atomic E-state index is 11.2. The molecule has 1 aliphatic rings. The van der Waals surface area contributed by atoms with Crippen LogP contribution in [-0.2, 0) is 22.8 Å². The molecule has 1 heterocycles. The number of nitro groups is 1. The summed E-state index contributed by atoms with van der Waals surface area (Å²) in [4.78, 5) is 15.9. The van der Waals surface area contributed by atoms with Gasteiger partial charge >= 0.3 is 0 Å². The lowest BCUT2D eigenvalue weighted by atomic mass is 10.00. The van der Waals surface area contributed by atoms with Crippen molar-refractivity contribution in [1.29, 1.82) is 0 Å². The Morgan fingerprint density at radius 1 is 0.907 bits per heavy atom. The highest BCUT2D eigenvalue weighted by Gasteiger charge is 2.46. The Hall–Kier alpha value is -4.97. The van der Waals surface area contributed by atoms with Crippen LogP contribution in [0, 0.1) is 10.1 Å². The molecule has 0 aliphatic carbocycles. The zero-order valence-corrected chi connectivity index (χ0v) is 23.3. The molecule has 0 aromatic heterocycles. The first kappa shape index (κ1) is 29.5. The van der Waals surface area contributed by atoms with Crippen LogP contribution in [0.15, 0.2) is 102 Å². The van der Waals surface area contributed by atoms with Crippen molar-refractivity contribution in [2.75, 3.05) is 6.61 Å². The monoisotopic (exact) mass is 586 g/mol.